The second-order valence-electron chi connectivity index (χ2n) is 2.45. The van der Waals surface area contributed by atoms with Gasteiger partial charge in [-0.05, 0) is 6.92 Å². The molecule has 0 radical (unpaired) electrons. The van der Waals surface area contributed by atoms with Crippen molar-refractivity contribution in [3.05, 3.63) is 0 Å². The molecule has 1 amide bonds. The van der Waals surface area contributed by atoms with Crippen molar-refractivity contribution in [3.8, 4) is 0 Å². The maximum absolute atomic E-state index is 11.2. The molecule has 0 fully saturated rings. The van der Waals surface area contributed by atoms with Gasteiger partial charge in [-0.2, -0.15) is 0 Å². The molecular formula is C8H14BrNO3. The van der Waals surface area contributed by atoms with E-state index in [1.54, 1.807) is 20.9 Å². The van der Waals surface area contributed by atoms with Gasteiger partial charge in [-0.15, -0.1) is 0 Å². The number of amides is 1. The van der Waals surface area contributed by atoms with E-state index in [-0.39, 0.29) is 5.91 Å². The Labute approximate surface area is 86.4 Å². The topological polar surface area (TPSA) is 46.6 Å². The summed E-state index contributed by atoms with van der Waals surface area (Å²) < 4.78 is 4.74. The van der Waals surface area contributed by atoms with Gasteiger partial charge in [-0.3, -0.25) is 4.79 Å². The smallest absolute Gasteiger partial charge is 0.340 e. The van der Waals surface area contributed by atoms with Gasteiger partial charge in [0.2, 0.25) is 5.91 Å². The van der Waals surface area contributed by atoms with E-state index in [2.05, 4.69) is 15.9 Å². The van der Waals surface area contributed by atoms with Gasteiger partial charge < -0.3 is 9.64 Å². The lowest BCUT2D eigenvalue weighted by molar-refractivity contribution is -0.149. The quantitative estimate of drug-likeness (QED) is 0.428. The second-order valence-corrected chi connectivity index (χ2v) is 3.31. The van der Waals surface area contributed by atoms with Crippen LogP contribution in [0.5, 0.6) is 0 Å². The lowest BCUT2D eigenvalue weighted by Crippen LogP contribution is -2.38. The first-order chi connectivity index (χ1) is 6.04. The number of hydrogen-bond acceptors (Lipinski definition) is 3. The number of halogens is 1. The van der Waals surface area contributed by atoms with Crippen LogP contribution in [0.3, 0.4) is 0 Å². The van der Waals surface area contributed by atoms with Crippen LogP contribution in [0, 0.1) is 0 Å². The Morgan fingerprint density at radius 3 is 2.38 bits per heavy atom. The van der Waals surface area contributed by atoms with E-state index in [1.165, 1.54) is 4.90 Å². The fraction of sp³-hybridized carbons (Fsp3) is 0.750. The Morgan fingerprint density at radius 2 is 2.00 bits per heavy atom. The number of carbonyl (C=O) groups excluding carboxylic acids is 2. The minimum atomic E-state index is -0.681. The van der Waals surface area contributed by atoms with Crippen LogP contribution in [-0.2, 0) is 14.3 Å². The SMILES string of the molecule is CCOC(=O)C(Br)N(C)C(=O)CC. The summed E-state index contributed by atoms with van der Waals surface area (Å²) in [5, 5.41) is 0. The molecule has 0 N–H and O–H groups in total. The van der Waals surface area contributed by atoms with Crippen LogP contribution >= 0.6 is 15.9 Å². The molecule has 76 valence electrons. The number of ether oxygens (including phenoxy) is 1. The molecule has 4 nitrogen and oxygen atoms in total. The standard InChI is InChI=1S/C8H14BrNO3/c1-4-6(11)10(3)7(9)8(12)13-5-2/h7H,4-5H2,1-3H3. The maximum Gasteiger partial charge on any atom is 0.340 e. The number of likely N-dealkylation sites (N-methyl/N-ethyl adjacent to an activating group) is 1. The Balaban J connectivity index is 4.16. The normalized spacial score (nSPS) is 12.0. The fourth-order valence-electron chi connectivity index (χ4n) is 0.745. The van der Waals surface area contributed by atoms with Crippen LogP contribution in [-0.4, -0.2) is 35.4 Å². The van der Waals surface area contributed by atoms with E-state index >= 15 is 0 Å². The number of carbonyl (C=O) groups is 2. The van der Waals surface area contributed by atoms with Gasteiger partial charge in [0.1, 0.15) is 0 Å². The molecule has 0 heterocycles. The van der Waals surface area contributed by atoms with Crippen molar-refractivity contribution in [2.24, 2.45) is 0 Å². The van der Waals surface area contributed by atoms with Crippen LogP contribution < -0.4 is 0 Å². The summed E-state index contributed by atoms with van der Waals surface area (Å²) in [7, 11) is 1.56. The molecule has 0 bridgehead atoms. The van der Waals surface area contributed by atoms with E-state index in [0.29, 0.717) is 13.0 Å². The number of rotatable bonds is 4. The van der Waals surface area contributed by atoms with Crippen LogP contribution in [0.15, 0.2) is 0 Å². The molecular weight excluding hydrogens is 238 g/mol. The number of nitrogens with zero attached hydrogens (tertiary/aromatic N) is 1. The summed E-state index contributed by atoms with van der Waals surface area (Å²) in [6.07, 6.45) is 0.373. The molecule has 0 saturated heterocycles. The molecule has 0 aromatic rings. The van der Waals surface area contributed by atoms with Gasteiger partial charge in [0.05, 0.1) is 6.61 Å². The zero-order chi connectivity index (χ0) is 10.4. The average Bonchev–Trinajstić information content (AvgIpc) is 2.14. The Hall–Kier alpha value is -0.580. The highest BCUT2D eigenvalue weighted by Crippen LogP contribution is 2.08. The van der Waals surface area contributed by atoms with Crippen molar-refractivity contribution >= 4 is 27.8 Å². The highest BCUT2D eigenvalue weighted by Gasteiger charge is 2.23. The number of alkyl halides is 1. The monoisotopic (exact) mass is 251 g/mol. The van der Waals surface area contributed by atoms with E-state index in [1.807, 2.05) is 0 Å². The largest absolute Gasteiger partial charge is 0.464 e. The van der Waals surface area contributed by atoms with Crippen LogP contribution in [0.1, 0.15) is 20.3 Å². The third-order valence-electron chi connectivity index (χ3n) is 1.52. The Bertz CT molecular complexity index is 196. The lowest BCUT2D eigenvalue weighted by atomic mass is 10.4. The first kappa shape index (κ1) is 12.4. The van der Waals surface area contributed by atoms with Gasteiger partial charge in [-0.1, -0.05) is 22.9 Å². The molecule has 0 rings (SSSR count). The van der Waals surface area contributed by atoms with Crippen LogP contribution in [0.25, 0.3) is 0 Å². The van der Waals surface area contributed by atoms with E-state index < -0.39 is 10.9 Å². The highest BCUT2D eigenvalue weighted by atomic mass is 79.9. The molecule has 0 saturated carbocycles. The zero-order valence-corrected chi connectivity index (χ0v) is 9.63. The molecule has 0 aliphatic carbocycles. The molecule has 5 heteroatoms. The second kappa shape index (κ2) is 5.96. The van der Waals surface area contributed by atoms with Crippen molar-refractivity contribution in [3.63, 3.8) is 0 Å². The summed E-state index contributed by atoms with van der Waals surface area (Å²) in [5.41, 5.74) is 0. The van der Waals surface area contributed by atoms with Crippen molar-refractivity contribution in [1.29, 1.82) is 0 Å². The first-order valence-electron chi connectivity index (χ1n) is 4.10. The molecule has 0 aromatic carbocycles. The molecule has 0 spiro atoms. The van der Waals surface area contributed by atoms with Gasteiger partial charge in [-0.25, -0.2) is 4.79 Å². The summed E-state index contributed by atoms with van der Waals surface area (Å²) in [4.78, 5) is 22.9. The van der Waals surface area contributed by atoms with Gasteiger partial charge >= 0.3 is 5.97 Å². The minimum Gasteiger partial charge on any atom is -0.464 e. The van der Waals surface area contributed by atoms with Crippen molar-refractivity contribution < 1.29 is 14.3 Å². The average molecular weight is 252 g/mol. The predicted molar refractivity (Wildman–Crippen MR) is 52.4 cm³/mol. The third kappa shape index (κ3) is 3.76. The van der Waals surface area contributed by atoms with Gasteiger partial charge in [0.15, 0.2) is 4.95 Å². The molecule has 0 aromatic heterocycles. The summed E-state index contributed by atoms with van der Waals surface area (Å²) in [5.74, 6) is -0.540. The van der Waals surface area contributed by atoms with E-state index in [0.717, 1.165) is 0 Å². The molecule has 1 unspecified atom stereocenters. The first-order valence-corrected chi connectivity index (χ1v) is 5.02. The molecule has 13 heavy (non-hydrogen) atoms. The Morgan fingerprint density at radius 1 is 1.46 bits per heavy atom. The van der Waals surface area contributed by atoms with Crippen LogP contribution in [0.4, 0.5) is 0 Å². The fourth-order valence-corrected chi connectivity index (χ4v) is 1.11. The number of esters is 1. The van der Waals surface area contributed by atoms with Crippen molar-refractivity contribution in [2.75, 3.05) is 13.7 Å². The lowest BCUT2D eigenvalue weighted by Gasteiger charge is -2.20. The van der Waals surface area contributed by atoms with Gasteiger partial charge in [0.25, 0.3) is 0 Å². The van der Waals surface area contributed by atoms with Gasteiger partial charge in [0, 0.05) is 13.5 Å². The summed E-state index contributed by atoms with van der Waals surface area (Å²) in [6.45, 7) is 3.78. The number of hydrogen-bond donors (Lipinski definition) is 0. The maximum atomic E-state index is 11.2. The minimum absolute atomic E-state index is 0.102. The molecule has 0 aliphatic heterocycles. The summed E-state index contributed by atoms with van der Waals surface area (Å²) >= 11 is 3.08. The van der Waals surface area contributed by atoms with E-state index in [9.17, 15) is 9.59 Å². The molecule has 0 aliphatic rings. The van der Waals surface area contributed by atoms with E-state index in [4.69, 9.17) is 4.74 Å². The Kier molecular flexibility index (Phi) is 5.70. The molecule has 1 atom stereocenters. The van der Waals surface area contributed by atoms with Crippen molar-refractivity contribution in [1.82, 2.24) is 4.90 Å². The summed E-state index contributed by atoms with van der Waals surface area (Å²) in [6, 6.07) is 0. The zero-order valence-electron chi connectivity index (χ0n) is 8.04. The van der Waals surface area contributed by atoms with Crippen molar-refractivity contribution in [2.45, 2.75) is 25.2 Å². The van der Waals surface area contributed by atoms with Crippen LogP contribution in [0.2, 0.25) is 0 Å². The third-order valence-corrected chi connectivity index (χ3v) is 2.51. The predicted octanol–water partition coefficient (Wildman–Crippen LogP) is 1.14. The highest BCUT2D eigenvalue weighted by molar-refractivity contribution is 9.09.